The number of aromatic nitrogens is 4. The fraction of sp³-hybridized carbons (Fsp3) is 0.0294. The molecule has 0 saturated carbocycles. The summed E-state index contributed by atoms with van der Waals surface area (Å²) in [5.74, 6) is -1.08. The molecule has 0 unspecified atom stereocenters. The number of hydrogen-bond acceptors (Lipinski definition) is 5. The van der Waals surface area contributed by atoms with E-state index in [4.69, 9.17) is 11.5 Å². The van der Waals surface area contributed by atoms with E-state index in [9.17, 15) is 14.7 Å². The highest BCUT2D eigenvalue weighted by atomic mass is 16.3. The third kappa shape index (κ3) is 4.31. The summed E-state index contributed by atoms with van der Waals surface area (Å²) in [5.41, 5.74) is 18.5. The predicted molar refractivity (Wildman–Crippen MR) is 165 cm³/mol. The van der Waals surface area contributed by atoms with Gasteiger partial charge in [-0.1, -0.05) is 47.1 Å². The van der Waals surface area contributed by atoms with Crippen LogP contribution >= 0.6 is 0 Å². The Labute approximate surface area is 245 Å². The van der Waals surface area contributed by atoms with Crippen molar-refractivity contribution in [3.8, 4) is 33.7 Å². The zero-order valence-electron chi connectivity index (χ0n) is 23.0. The van der Waals surface area contributed by atoms with Gasteiger partial charge in [-0.15, -0.1) is 0 Å². The van der Waals surface area contributed by atoms with E-state index in [1.54, 1.807) is 24.3 Å². The van der Waals surface area contributed by atoms with E-state index in [-0.39, 0.29) is 17.1 Å². The number of benzene rings is 4. The van der Waals surface area contributed by atoms with Gasteiger partial charge in [0.2, 0.25) is 11.9 Å². The maximum absolute atomic E-state index is 12.2. The van der Waals surface area contributed by atoms with Gasteiger partial charge in [0.1, 0.15) is 22.7 Å². The minimum atomic E-state index is -0.644. The quantitative estimate of drug-likeness (QED) is 0.214. The molecule has 208 valence electrons. The van der Waals surface area contributed by atoms with Crippen molar-refractivity contribution < 1.29 is 19.4 Å². The monoisotopic (exact) mass is 565 g/mol. The van der Waals surface area contributed by atoms with Crippen LogP contribution in [0.1, 0.15) is 26.5 Å². The lowest BCUT2D eigenvalue weighted by atomic mass is 9.95. The second-order valence-electron chi connectivity index (χ2n) is 10.4. The number of para-hydroxylation sites is 1. The minimum Gasteiger partial charge on any atom is -0.508 e. The molecule has 3 aromatic heterocycles. The Kier molecular flexibility index (Phi) is 5.88. The Morgan fingerprint density at radius 3 is 2.12 bits per heavy atom. The van der Waals surface area contributed by atoms with E-state index < -0.39 is 11.8 Å². The molecule has 0 spiro atoms. The number of hydrogen-bond donors (Lipinski definition) is 4. The van der Waals surface area contributed by atoms with Crippen molar-refractivity contribution in [3.05, 3.63) is 114 Å². The van der Waals surface area contributed by atoms with Crippen LogP contribution in [-0.2, 0) is 0 Å². The van der Waals surface area contributed by atoms with E-state index in [0.29, 0.717) is 16.6 Å². The summed E-state index contributed by atoms with van der Waals surface area (Å²) in [6.07, 6.45) is 1.98. The number of primary amides is 2. The molecule has 43 heavy (non-hydrogen) atoms. The van der Waals surface area contributed by atoms with Crippen LogP contribution in [0.3, 0.4) is 0 Å². The highest BCUT2D eigenvalue weighted by molar-refractivity contribution is 6.06. The van der Waals surface area contributed by atoms with Gasteiger partial charge in [-0.05, 0) is 71.1 Å². The topological polar surface area (TPSA) is 152 Å². The zero-order valence-corrected chi connectivity index (χ0v) is 23.0. The highest BCUT2D eigenvalue weighted by Crippen LogP contribution is 2.36. The number of fused-ring (bicyclic) bond motifs is 3. The van der Waals surface area contributed by atoms with Crippen molar-refractivity contribution in [3.63, 3.8) is 0 Å². The van der Waals surface area contributed by atoms with Gasteiger partial charge < -0.3 is 16.6 Å². The number of rotatable bonds is 5. The summed E-state index contributed by atoms with van der Waals surface area (Å²) in [6.45, 7) is 1.82. The highest BCUT2D eigenvalue weighted by Gasteiger charge is 2.20. The number of nitrogens with two attached hydrogens (primary N) is 2. The lowest BCUT2D eigenvalue weighted by molar-refractivity contribution is -0.652. The van der Waals surface area contributed by atoms with Gasteiger partial charge in [0.05, 0.1) is 16.4 Å². The van der Waals surface area contributed by atoms with Crippen LogP contribution < -0.4 is 16.1 Å². The first-order valence-corrected chi connectivity index (χ1v) is 13.6. The number of amides is 2. The fourth-order valence-corrected chi connectivity index (χ4v) is 5.62. The van der Waals surface area contributed by atoms with Crippen LogP contribution in [0.25, 0.3) is 60.6 Å². The molecule has 0 atom stereocenters. The van der Waals surface area contributed by atoms with E-state index in [1.807, 2.05) is 84.5 Å². The number of carbonyl (C=O) groups is 2. The van der Waals surface area contributed by atoms with Gasteiger partial charge in [0, 0.05) is 22.9 Å². The van der Waals surface area contributed by atoms with Gasteiger partial charge in [0.15, 0.2) is 0 Å². The number of H-pyrrole nitrogens is 1. The molecule has 9 nitrogen and oxygen atoms in total. The lowest BCUT2D eigenvalue weighted by Gasteiger charge is -2.12. The van der Waals surface area contributed by atoms with Crippen LogP contribution in [0.4, 0.5) is 0 Å². The minimum absolute atomic E-state index is 0.126. The van der Waals surface area contributed by atoms with Crippen molar-refractivity contribution in [1.82, 2.24) is 15.1 Å². The molecule has 0 saturated heterocycles. The van der Waals surface area contributed by atoms with E-state index in [0.717, 1.165) is 49.6 Å². The molecule has 0 aliphatic carbocycles. The predicted octanol–water partition coefficient (Wildman–Crippen LogP) is 5.09. The number of phenols is 1. The Balaban J connectivity index is 1.42. The lowest BCUT2D eigenvalue weighted by Crippen LogP contribution is -2.31. The molecule has 0 radical (unpaired) electrons. The first-order chi connectivity index (χ1) is 20.8. The van der Waals surface area contributed by atoms with Crippen molar-refractivity contribution in [2.45, 2.75) is 6.92 Å². The Morgan fingerprint density at radius 2 is 1.35 bits per heavy atom. The Morgan fingerprint density at radius 1 is 0.698 bits per heavy atom. The number of aromatic hydroxyl groups is 1. The van der Waals surface area contributed by atoms with Crippen molar-refractivity contribution in [2.75, 3.05) is 0 Å². The van der Waals surface area contributed by atoms with Crippen molar-refractivity contribution >= 4 is 44.5 Å². The van der Waals surface area contributed by atoms with Gasteiger partial charge >= 0.3 is 0 Å². The maximum Gasteiger partial charge on any atom is 0.267 e. The standard InChI is InChI=1S/C34H24N6O3/c1-18-20(7-5-11-32(18)41)24-15-31(34(36)43)38-29-14-19(12-13-23(24)29)40-17-26-21(8-4-10-28(26)39-40)25-16-30(33(35)42)37-27-9-3-2-6-22(25)27/h2-17H,1H3,(H5,35,36,41,42,43)/p+1. The zero-order chi connectivity index (χ0) is 29.8. The van der Waals surface area contributed by atoms with Gasteiger partial charge in [-0.3, -0.25) is 9.59 Å². The summed E-state index contributed by atoms with van der Waals surface area (Å²) in [4.78, 5) is 33.4. The molecule has 0 aliphatic heterocycles. The molecular weight excluding hydrogens is 540 g/mol. The van der Waals surface area contributed by atoms with Crippen molar-refractivity contribution in [2.24, 2.45) is 11.5 Å². The molecular formula is C34H25N6O3+. The fourth-order valence-electron chi connectivity index (χ4n) is 5.62. The SMILES string of the molecule is Cc1c(O)cccc1-c1cc(C(N)=O)nc2cc(-[n+]3cc4c(-c5cc(C(N)=O)nc6ccccc56)cccc4[nH]3)ccc12. The molecule has 0 aliphatic rings. The van der Waals surface area contributed by atoms with Crippen LogP contribution in [0, 0.1) is 6.92 Å². The molecule has 9 heteroatoms. The van der Waals surface area contributed by atoms with E-state index in [1.165, 1.54) is 0 Å². The third-order valence-electron chi connectivity index (χ3n) is 7.78. The number of nitrogens with one attached hydrogen (secondary N) is 1. The molecule has 7 aromatic rings. The van der Waals surface area contributed by atoms with Crippen LogP contribution in [0.2, 0.25) is 0 Å². The summed E-state index contributed by atoms with van der Waals surface area (Å²) < 4.78 is 1.88. The van der Waals surface area contributed by atoms with Gasteiger partial charge in [-0.2, -0.15) is 5.10 Å². The summed E-state index contributed by atoms with van der Waals surface area (Å²) in [6, 6.07) is 28.0. The first kappa shape index (κ1) is 25.8. The van der Waals surface area contributed by atoms with Crippen LogP contribution in [-0.4, -0.2) is 32.0 Å². The Hall–Kier alpha value is -6.09. The third-order valence-corrected chi connectivity index (χ3v) is 7.78. The van der Waals surface area contributed by atoms with E-state index >= 15 is 0 Å². The summed E-state index contributed by atoms with van der Waals surface area (Å²) in [7, 11) is 0. The average Bonchev–Trinajstić information content (AvgIpc) is 3.46. The smallest absolute Gasteiger partial charge is 0.267 e. The first-order valence-electron chi connectivity index (χ1n) is 13.6. The number of phenolic OH excluding ortho intramolecular Hbond substituents is 1. The van der Waals surface area contributed by atoms with Gasteiger partial charge in [0.25, 0.3) is 11.8 Å². The normalized spacial score (nSPS) is 11.4. The van der Waals surface area contributed by atoms with Crippen LogP contribution in [0.15, 0.2) is 97.2 Å². The largest absolute Gasteiger partial charge is 0.508 e. The number of carbonyl (C=O) groups excluding carboxylic acids is 2. The molecule has 6 N–H and O–H groups in total. The molecule has 0 fully saturated rings. The van der Waals surface area contributed by atoms with Crippen molar-refractivity contribution in [1.29, 1.82) is 0 Å². The number of aromatic amines is 1. The van der Waals surface area contributed by atoms with E-state index in [2.05, 4.69) is 15.1 Å². The molecule has 0 bridgehead atoms. The molecule has 7 rings (SSSR count). The maximum atomic E-state index is 12.2. The average molecular weight is 566 g/mol. The number of pyridine rings is 2. The molecule has 3 heterocycles. The molecule has 2 amide bonds. The summed E-state index contributed by atoms with van der Waals surface area (Å²) in [5, 5.41) is 16.4. The summed E-state index contributed by atoms with van der Waals surface area (Å²) >= 11 is 0. The number of nitrogens with zero attached hydrogens (tertiary/aromatic N) is 3. The van der Waals surface area contributed by atoms with Crippen LogP contribution in [0.5, 0.6) is 5.75 Å². The molecule has 4 aromatic carbocycles. The van der Waals surface area contributed by atoms with Gasteiger partial charge in [-0.25, -0.2) is 9.97 Å². The second-order valence-corrected chi connectivity index (χ2v) is 10.4. The second kappa shape index (κ2) is 9.78. The Bertz CT molecular complexity index is 2290.